The summed E-state index contributed by atoms with van der Waals surface area (Å²) in [7, 11) is 0. The molecule has 0 aromatic heterocycles. The van der Waals surface area contributed by atoms with Crippen LogP contribution in [0.25, 0.3) is 0 Å². The van der Waals surface area contributed by atoms with E-state index in [1.54, 1.807) is 0 Å². The molecule has 0 spiro atoms. The van der Waals surface area contributed by atoms with E-state index in [-0.39, 0.29) is 103 Å². The summed E-state index contributed by atoms with van der Waals surface area (Å²) in [5.41, 5.74) is 0. The predicted molar refractivity (Wildman–Crippen MR) is 13.0 cm³/mol. The first-order valence-electron chi connectivity index (χ1n) is 2.17. The van der Waals surface area contributed by atoms with Crippen LogP contribution in [0.5, 0.6) is 0 Å². The zero-order chi connectivity index (χ0) is 10.5. The van der Waals surface area contributed by atoms with Crippen molar-refractivity contribution < 1.29 is 174 Å². The van der Waals surface area contributed by atoms with E-state index in [9.17, 15) is 0 Å². The van der Waals surface area contributed by atoms with Crippen molar-refractivity contribution in [3.8, 4) is 0 Å². The fraction of sp³-hybridized carbons (Fsp3) is 0. The molecule has 0 atom stereocenters. The molecule has 0 unspecified atom stereocenters. The molecule has 0 saturated heterocycles. The van der Waals surface area contributed by atoms with Gasteiger partial charge in [0.05, 0.1) is 0 Å². The first kappa shape index (κ1) is 23.8. The third-order valence-corrected chi connectivity index (χ3v) is 0.306. The molecule has 0 rings (SSSR count). The summed E-state index contributed by atoms with van der Waals surface area (Å²) >= 11 is 0. The third-order valence-electron chi connectivity index (χ3n) is 0.306. The molecular formula is K2O14. The van der Waals surface area contributed by atoms with Gasteiger partial charge in [0.25, 0.3) is 0 Å². The summed E-state index contributed by atoms with van der Waals surface area (Å²) in [6, 6.07) is 0. The molecule has 0 aliphatic rings. The van der Waals surface area contributed by atoms with Crippen molar-refractivity contribution in [3.63, 3.8) is 0 Å². The molecule has 0 radical (unpaired) electrons. The van der Waals surface area contributed by atoms with Gasteiger partial charge in [-0.1, -0.05) is 0 Å². The number of rotatable bonds is 11. The first-order valence-corrected chi connectivity index (χ1v) is 2.17. The van der Waals surface area contributed by atoms with E-state index in [1.807, 2.05) is 0 Å². The second-order valence-corrected chi connectivity index (χ2v) is 0.816. The molecule has 0 aromatic carbocycles. The predicted octanol–water partition coefficient (Wildman–Crippen LogP) is -9.19. The topological polar surface area (TPSA) is 157 Å². The monoisotopic (exact) mass is 302 g/mol. The van der Waals surface area contributed by atoms with Crippen LogP contribution in [0.15, 0.2) is 0 Å². The Morgan fingerprint density at radius 2 is 0.562 bits per heavy atom. The normalized spacial score (nSPS) is 9.38. The van der Waals surface area contributed by atoms with Crippen LogP contribution in [-0.4, -0.2) is 0 Å². The van der Waals surface area contributed by atoms with Gasteiger partial charge in [-0.05, 0) is 50.4 Å². The Morgan fingerprint density at radius 3 is 0.750 bits per heavy atom. The molecule has 16 heavy (non-hydrogen) atoms. The minimum Gasteiger partial charge on any atom is -0.689 e. The van der Waals surface area contributed by atoms with Crippen molar-refractivity contribution in [1.82, 2.24) is 0 Å². The third kappa shape index (κ3) is 21.9. The quantitative estimate of drug-likeness (QED) is 0.153. The Balaban J connectivity index is -0.000000845. The van der Waals surface area contributed by atoms with Crippen LogP contribution in [-0.2, 0) is 60.5 Å². The minimum atomic E-state index is 0. The molecule has 0 heterocycles. The molecule has 0 aromatic rings. The maximum absolute atomic E-state index is 9.00. The van der Waals surface area contributed by atoms with Gasteiger partial charge in [0.2, 0.25) is 0 Å². The Morgan fingerprint density at radius 1 is 0.375 bits per heavy atom. The van der Waals surface area contributed by atoms with E-state index in [0.717, 1.165) is 0 Å². The van der Waals surface area contributed by atoms with Gasteiger partial charge < -0.3 is 10.5 Å². The SMILES string of the molecule is [K+].[K+].[O-]OOOOOOOOOOOO[O-]. The second-order valence-electron chi connectivity index (χ2n) is 0.816. The zero-order valence-corrected chi connectivity index (χ0v) is 14.0. The summed E-state index contributed by atoms with van der Waals surface area (Å²) in [6.07, 6.45) is 0. The molecule has 0 saturated carbocycles. The fourth-order valence-electron chi connectivity index (χ4n) is 0.113. The van der Waals surface area contributed by atoms with E-state index < -0.39 is 0 Å². The molecule has 16 heteroatoms. The Labute approximate surface area is 170 Å². The van der Waals surface area contributed by atoms with Crippen molar-refractivity contribution >= 4 is 0 Å². The Bertz CT molecular complexity index is 82.7. The van der Waals surface area contributed by atoms with E-state index >= 15 is 0 Å². The maximum atomic E-state index is 9.00. The van der Waals surface area contributed by atoms with Crippen LogP contribution in [0.1, 0.15) is 0 Å². The van der Waals surface area contributed by atoms with Crippen LogP contribution in [0, 0.1) is 0 Å². The van der Waals surface area contributed by atoms with Crippen LogP contribution in [0.2, 0.25) is 0 Å². The van der Waals surface area contributed by atoms with Crippen molar-refractivity contribution in [3.05, 3.63) is 0 Å². The molecule has 0 bridgehead atoms. The molecule has 0 fully saturated rings. The Kier molecular flexibility index (Phi) is 34.0. The maximum Gasteiger partial charge on any atom is 1.00 e. The summed E-state index contributed by atoms with van der Waals surface area (Å²) in [4.78, 5) is 0. The smallest absolute Gasteiger partial charge is 0.689 e. The molecule has 0 aliphatic carbocycles. The summed E-state index contributed by atoms with van der Waals surface area (Å²) in [5.74, 6) is 0. The molecule has 0 amide bonds. The van der Waals surface area contributed by atoms with Crippen molar-refractivity contribution in [2.75, 3.05) is 0 Å². The van der Waals surface area contributed by atoms with Crippen molar-refractivity contribution in [2.45, 2.75) is 0 Å². The summed E-state index contributed by atoms with van der Waals surface area (Å²) < 4.78 is 0. The molecule has 86 valence electrons. The van der Waals surface area contributed by atoms with Crippen LogP contribution in [0.4, 0.5) is 0 Å². The molecule has 0 aliphatic heterocycles. The zero-order valence-electron chi connectivity index (χ0n) is 7.72. The molecule has 0 N–H and O–H groups in total. The van der Waals surface area contributed by atoms with Gasteiger partial charge in [0.15, 0.2) is 0 Å². The number of hydrogen-bond donors (Lipinski definition) is 0. The van der Waals surface area contributed by atoms with Gasteiger partial charge in [0.1, 0.15) is 0 Å². The van der Waals surface area contributed by atoms with Gasteiger partial charge in [-0.15, -0.1) is 0 Å². The van der Waals surface area contributed by atoms with Gasteiger partial charge >= 0.3 is 103 Å². The van der Waals surface area contributed by atoms with Crippen LogP contribution in [0.3, 0.4) is 0 Å². The molecule has 14 nitrogen and oxygen atoms in total. The van der Waals surface area contributed by atoms with E-state index in [1.165, 1.54) is 0 Å². The van der Waals surface area contributed by atoms with E-state index in [4.69, 9.17) is 10.5 Å². The summed E-state index contributed by atoms with van der Waals surface area (Å²) in [6.45, 7) is 0. The molecular weight excluding hydrogens is 302 g/mol. The standard InChI is InChI=1S/2K.H2O14/c;;1-3-5-7-9-11-13-14-12-10-8-6-4-2/h;;1-2H/q2*+1;/p-2. The first-order chi connectivity index (χ1) is 6.91. The van der Waals surface area contributed by atoms with Gasteiger partial charge in [-0.25, -0.2) is 0 Å². The average molecular weight is 302 g/mol. The van der Waals surface area contributed by atoms with Gasteiger partial charge in [0, 0.05) is 0 Å². The van der Waals surface area contributed by atoms with Gasteiger partial charge in [-0.2, -0.15) is 0 Å². The van der Waals surface area contributed by atoms with E-state index in [0.29, 0.717) is 0 Å². The van der Waals surface area contributed by atoms with Crippen molar-refractivity contribution in [2.24, 2.45) is 0 Å². The van der Waals surface area contributed by atoms with Gasteiger partial charge in [-0.3, -0.25) is 10.1 Å². The van der Waals surface area contributed by atoms with Crippen LogP contribution >= 0.6 is 0 Å². The van der Waals surface area contributed by atoms with Crippen LogP contribution < -0.4 is 113 Å². The fourth-order valence-corrected chi connectivity index (χ4v) is 0.113. The minimum absolute atomic E-state index is 0. The Hall–Kier alpha value is 2.71. The average Bonchev–Trinajstić information content (AvgIpc) is 2.21. The van der Waals surface area contributed by atoms with Crippen molar-refractivity contribution in [1.29, 1.82) is 0 Å². The largest absolute Gasteiger partial charge is 1.00 e. The second kappa shape index (κ2) is 22.9. The van der Waals surface area contributed by atoms with E-state index in [2.05, 4.69) is 60.5 Å². The summed E-state index contributed by atoms with van der Waals surface area (Å²) in [5, 5.41) is 56.0. The number of hydrogen-bond acceptors (Lipinski definition) is 14.